The van der Waals surface area contributed by atoms with E-state index in [0.29, 0.717) is 18.3 Å². The fraction of sp³-hybridized carbons (Fsp3) is 0.929. The van der Waals surface area contributed by atoms with Crippen LogP contribution in [0, 0.1) is 11.8 Å². The Kier molecular flexibility index (Phi) is 5.60. The predicted octanol–water partition coefficient (Wildman–Crippen LogP) is 1.42. The summed E-state index contributed by atoms with van der Waals surface area (Å²) >= 11 is 0. The fourth-order valence-electron chi connectivity index (χ4n) is 2.61. The second kappa shape index (κ2) is 6.53. The maximum atomic E-state index is 12.0. The third-order valence-electron chi connectivity index (χ3n) is 3.98. The molecule has 1 fully saturated rings. The van der Waals surface area contributed by atoms with Crippen LogP contribution in [0.4, 0.5) is 0 Å². The third-order valence-corrected chi connectivity index (χ3v) is 3.98. The van der Waals surface area contributed by atoms with Gasteiger partial charge in [-0.2, -0.15) is 0 Å². The lowest BCUT2D eigenvalue weighted by Gasteiger charge is -2.39. The van der Waals surface area contributed by atoms with E-state index in [9.17, 15) is 9.90 Å². The zero-order chi connectivity index (χ0) is 13.8. The predicted molar refractivity (Wildman–Crippen MR) is 73.0 cm³/mol. The summed E-state index contributed by atoms with van der Waals surface area (Å²) in [6.45, 7) is 6.34. The zero-order valence-electron chi connectivity index (χ0n) is 11.9. The summed E-state index contributed by atoms with van der Waals surface area (Å²) in [5, 5.41) is 12.6. The SMILES string of the molecule is CC(C)C[C@H](N)C(=O)NC1(CO)CCC(C)CC1. The summed E-state index contributed by atoms with van der Waals surface area (Å²) < 4.78 is 0. The van der Waals surface area contributed by atoms with Crippen LogP contribution in [0.3, 0.4) is 0 Å². The fourth-order valence-corrected chi connectivity index (χ4v) is 2.61. The summed E-state index contributed by atoms with van der Waals surface area (Å²) in [7, 11) is 0. The average molecular weight is 256 g/mol. The first-order chi connectivity index (χ1) is 8.38. The van der Waals surface area contributed by atoms with E-state index in [4.69, 9.17) is 5.73 Å². The van der Waals surface area contributed by atoms with Gasteiger partial charge in [-0.3, -0.25) is 4.79 Å². The molecule has 1 aliphatic carbocycles. The van der Waals surface area contributed by atoms with Gasteiger partial charge in [0.15, 0.2) is 0 Å². The molecule has 0 aromatic carbocycles. The van der Waals surface area contributed by atoms with Crippen LogP contribution in [0.5, 0.6) is 0 Å². The number of carbonyl (C=O) groups excluding carboxylic acids is 1. The van der Waals surface area contributed by atoms with Crippen LogP contribution >= 0.6 is 0 Å². The van der Waals surface area contributed by atoms with Crippen molar-refractivity contribution in [3.8, 4) is 0 Å². The van der Waals surface area contributed by atoms with Gasteiger partial charge in [-0.1, -0.05) is 20.8 Å². The number of hydrogen-bond donors (Lipinski definition) is 3. The number of hydrogen-bond acceptors (Lipinski definition) is 3. The van der Waals surface area contributed by atoms with Gasteiger partial charge in [0.05, 0.1) is 18.2 Å². The Balaban J connectivity index is 2.54. The molecule has 0 heterocycles. The molecule has 18 heavy (non-hydrogen) atoms. The summed E-state index contributed by atoms with van der Waals surface area (Å²) in [5.41, 5.74) is 5.45. The van der Waals surface area contributed by atoms with Gasteiger partial charge in [0.1, 0.15) is 0 Å². The summed E-state index contributed by atoms with van der Waals surface area (Å²) in [5.74, 6) is 0.973. The Labute approximate surface area is 110 Å². The highest BCUT2D eigenvalue weighted by atomic mass is 16.3. The molecule has 0 aliphatic heterocycles. The molecule has 106 valence electrons. The first-order valence-electron chi connectivity index (χ1n) is 7.07. The number of aliphatic hydroxyl groups excluding tert-OH is 1. The molecule has 1 rings (SSSR count). The van der Waals surface area contributed by atoms with Gasteiger partial charge >= 0.3 is 0 Å². The van der Waals surface area contributed by atoms with Gasteiger partial charge in [-0.15, -0.1) is 0 Å². The second-order valence-electron chi connectivity index (χ2n) is 6.35. The maximum Gasteiger partial charge on any atom is 0.237 e. The van der Waals surface area contributed by atoms with Crippen molar-refractivity contribution in [3.63, 3.8) is 0 Å². The lowest BCUT2D eigenvalue weighted by Crippen LogP contribution is -2.57. The van der Waals surface area contributed by atoms with Crippen molar-refractivity contribution in [3.05, 3.63) is 0 Å². The molecule has 0 aromatic heterocycles. The van der Waals surface area contributed by atoms with Crippen molar-refractivity contribution in [1.82, 2.24) is 5.32 Å². The monoisotopic (exact) mass is 256 g/mol. The zero-order valence-corrected chi connectivity index (χ0v) is 11.9. The van der Waals surface area contributed by atoms with E-state index in [1.54, 1.807) is 0 Å². The minimum absolute atomic E-state index is 0.0137. The number of carbonyl (C=O) groups is 1. The highest BCUT2D eigenvalue weighted by molar-refractivity contribution is 5.82. The van der Waals surface area contributed by atoms with Gasteiger partial charge in [-0.25, -0.2) is 0 Å². The summed E-state index contributed by atoms with van der Waals surface area (Å²) in [4.78, 5) is 12.0. The van der Waals surface area contributed by atoms with Crippen LogP contribution in [0.1, 0.15) is 52.9 Å². The van der Waals surface area contributed by atoms with Crippen LogP contribution in [0.25, 0.3) is 0 Å². The first kappa shape index (κ1) is 15.4. The Bertz CT molecular complexity index is 271. The molecule has 0 saturated heterocycles. The first-order valence-corrected chi connectivity index (χ1v) is 7.07. The van der Waals surface area contributed by atoms with E-state index in [0.717, 1.165) is 25.7 Å². The largest absolute Gasteiger partial charge is 0.394 e. The van der Waals surface area contributed by atoms with Crippen LogP contribution in [-0.4, -0.2) is 29.2 Å². The molecule has 1 saturated carbocycles. The Morgan fingerprint density at radius 2 is 2.00 bits per heavy atom. The van der Waals surface area contributed by atoms with Crippen molar-refractivity contribution >= 4 is 5.91 Å². The van der Waals surface area contributed by atoms with Gasteiger partial charge in [0.2, 0.25) is 5.91 Å². The molecule has 4 nitrogen and oxygen atoms in total. The minimum Gasteiger partial charge on any atom is -0.394 e. The van der Waals surface area contributed by atoms with Crippen molar-refractivity contribution in [2.45, 2.75) is 64.5 Å². The standard InChI is InChI=1S/C14H28N2O2/c1-10(2)8-12(15)13(18)16-14(9-17)6-4-11(3)5-7-14/h10-12,17H,4-9,15H2,1-3H3,(H,16,18)/t11?,12-,14?/m0/s1. The third kappa shape index (κ3) is 4.25. The molecule has 4 N–H and O–H groups in total. The molecule has 0 spiro atoms. The minimum atomic E-state index is -0.465. The van der Waals surface area contributed by atoms with E-state index >= 15 is 0 Å². The molecule has 1 amide bonds. The van der Waals surface area contributed by atoms with Crippen molar-refractivity contribution in [2.75, 3.05) is 6.61 Å². The Morgan fingerprint density at radius 3 is 2.44 bits per heavy atom. The van der Waals surface area contributed by atoms with E-state index in [-0.39, 0.29) is 12.5 Å². The maximum absolute atomic E-state index is 12.0. The van der Waals surface area contributed by atoms with E-state index < -0.39 is 11.6 Å². The quantitative estimate of drug-likeness (QED) is 0.696. The lowest BCUT2D eigenvalue weighted by atomic mass is 9.77. The van der Waals surface area contributed by atoms with Crippen LogP contribution in [0.15, 0.2) is 0 Å². The Hall–Kier alpha value is -0.610. The van der Waals surface area contributed by atoms with Crippen molar-refractivity contribution in [1.29, 1.82) is 0 Å². The molecular formula is C14H28N2O2. The molecule has 1 aliphatic rings. The van der Waals surface area contributed by atoms with E-state index in [2.05, 4.69) is 26.1 Å². The van der Waals surface area contributed by atoms with Gasteiger partial charge in [-0.05, 0) is 43.9 Å². The highest BCUT2D eigenvalue weighted by Crippen LogP contribution is 2.31. The van der Waals surface area contributed by atoms with Crippen molar-refractivity contribution < 1.29 is 9.90 Å². The van der Waals surface area contributed by atoms with Gasteiger partial charge < -0.3 is 16.2 Å². The Morgan fingerprint density at radius 1 is 1.44 bits per heavy atom. The topological polar surface area (TPSA) is 75.4 Å². The summed E-state index contributed by atoms with van der Waals surface area (Å²) in [6, 6.07) is -0.465. The average Bonchev–Trinajstić information content (AvgIpc) is 2.31. The number of rotatable bonds is 5. The molecule has 1 atom stereocenters. The van der Waals surface area contributed by atoms with Crippen LogP contribution in [0.2, 0.25) is 0 Å². The number of amides is 1. The van der Waals surface area contributed by atoms with E-state index in [1.165, 1.54) is 0 Å². The molecule has 4 heteroatoms. The number of nitrogens with two attached hydrogens (primary N) is 1. The number of nitrogens with one attached hydrogen (secondary N) is 1. The lowest BCUT2D eigenvalue weighted by molar-refractivity contribution is -0.126. The number of aliphatic hydroxyl groups is 1. The van der Waals surface area contributed by atoms with Gasteiger partial charge in [0.25, 0.3) is 0 Å². The van der Waals surface area contributed by atoms with Crippen LogP contribution in [-0.2, 0) is 4.79 Å². The van der Waals surface area contributed by atoms with Crippen molar-refractivity contribution in [2.24, 2.45) is 17.6 Å². The van der Waals surface area contributed by atoms with E-state index in [1.807, 2.05) is 0 Å². The molecular weight excluding hydrogens is 228 g/mol. The molecule has 0 radical (unpaired) electrons. The molecule has 0 aromatic rings. The highest BCUT2D eigenvalue weighted by Gasteiger charge is 2.35. The normalized spacial score (nSPS) is 30.2. The molecule has 0 bridgehead atoms. The smallest absolute Gasteiger partial charge is 0.237 e. The van der Waals surface area contributed by atoms with Gasteiger partial charge in [0, 0.05) is 0 Å². The second-order valence-corrected chi connectivity index (χ2v) is 6.35. The van der Waals surface area contributed by atoms with Crippen LogP contribution < -0.4 is 11.1 Å². The molecule has 0 unspecified atom stereocenters. The summed E-state index contributed by atoms with van der Waals surface area (Å²) in [6.07, 6.45) is 4.50.